The highest BCUT2D eigenvalue weighted by atomic mass is 32.2. The molecule has 0 bridgehead atoms. The monoisotopic (exact) mass is 507 g/mol. The van der Waals surface area contributed by atoms with E-state index in [9.17, 15) is 4.79 Å². The molecule has 1 N–H and O–H groups in total. The van der Waals surface area contributed by atoms with Crippen molar-refractivity contribution in [2.24, 2.45) is 0 Å². The maximum absolute atomic E-state index is 12.8. The molecule has 8 nitrogen and oxygen atoms in total. The van der Waals surface area contributed by atoms with Crippen molar-refractivity contribution in [2.75, 3.05) is 49.3 Å². The molecule has 1 saturated heterocycles. The lowest BCUT2D eigenvalue weighted by molar-refractivity contribution is -0.113. The zero-order chi connectivity index (χ0) is 24.7. The fourth-order valence-electron chi connectivity index (χ4n) is 5.08. The molecule has 1 amide bonds. The molecule has 0 radical (unpaired) electrons. The van der Waals surface area contributed by atoms with Gasteiger partial charge in [0.15, 0.2) is 0 Å². The van der Waals surface area contributed by atoms with Crippen LogP contribution in [0, 0.1) is 0 Å². The minimum atomic E-state index is -0.102. The summed E-state index contributed by atoms with van der Waals surface area (Å²) in [6.45, 7) is 4.12. The molecule has 36 heavy (non-hydrogen) atoms. The van der Waals surface area contributed by atoms with Crippen LogP contribution in [0.15, 0.2) is 58.2 Å². The Morgan fingerprint density at radius 2 is 1.86 bits per heavy atom. The highest BCUT2D eigenvalue weighted by molar-refractivity contribution is 7.99. The molecule has 2 aliphatic rings. The molecular formula is C27H33N5O3S. The van der Waals surface area contributed by atoms with Gasteiger partial charge >= 0.3 is 0 Å². The first-order valence-corrected chi connectivity index (χ1v) is 13.7. The molecule has 1 aromatic heterocycles. The first-order chi connectivity index (χ1) is 17.7. The van der Waals surface area contributed by atoms with E-state index in [1.54, 1.807) is 7.11 Å². The van der Waals surface area contributed by atoms with Gasteiger partial charge < -0.3 is 19.4 Å². The molecule has 2 heterocycles. The van der Waals surface area contributed by atoms with E-state index in [0.29, 0.717) is 16.9 Å². The van der Waals surface area contributed by atoms with Gasteiger partial charge in [-0.25, -0.2) is 0 Å². The van der Waals surface area contributed by atoms with Gasteiger partial charge in [-0.05, 0) is 43.2 Å². The van der Waals surface area contributed by atoms with Gasteiger partial charge in [-0.1, -0.05) is 49.2 Å². The molecular weight excluding hydrogens is 474 g/mol. The smallest absolute Gasteiger partial charge is 0.277 e. The Hall–Kier alpha value is -3.04. The maximum atomic E-state index is 12.8. The second-order valence-corrected chi connectivity index (χ2v) is 10.2. The number of nitrogens with zero attached hydrogens (tertiary/aromatic N) is 4. The lowest BCUT2D eigenvalue weighted by Crippen LogP contribution is -2.51. The van der Waals surface area contributed by atoms with Crippen LogP contribution < -0.4 is 15.0 Å². The first-order valence-electron chi connectivity index (χ1n) is 12.7. The minimum Gasteiger partial charge on any atom is -0.497 e. The van der Waals surface area contributed by atoms with Crippen LogP contribution in [0.5, 0.6) is 5.75 Å². The Bertz CT molecular complexity index is 1160. The molecule has 2 fully saturated rings. The third-order valence-corrected chi connectivity index (χ3v) is 7.79. The van der Waals surface area contributed by atoms with Crippen molar-refractivity contribution in [1.29, 1.82) is 0 Å². The average Bonchev–Trinajstić information content (AvgIpc) is 3.42. The van der Waals surface area contributed by atoms with E-state index < -0.39 is 0 Å². The van der Waals surface area contributed by atoms with Crippen LogP contribution >= 0.6 is 11.8 Å². The number of anilines is 2. The molecule has 9 heteroatoms. The van der Waals surface area contributed by atoms with Crippen LogP contribution in [-0.4, -0.2) is 66.1 Å². The number of nitrogens with one attached hydrogen (secondary N) is 1. The Kier molecular flexibility index (Phi) is 8.08. The summed E-state index contributed by atoms with van der Waals surface area (Å²) in [5.74, 6) is 1.20. The van der Waals surface area contributed by atoms with Gasteiger partial charge in [0, 0.05) is 37.8 Å². The summed E-state index contributed by atoms with van der Waals surface area (Å²) in [5, 5.41) is 11.6. The molecule has 0 unspecified atom stereocenters. The van der Waals surface area contributed by atoms with E-state index in [2.05, 4.69) is 31.4 Å². The van der Waals surface area contributed by atoms with Gasteiger partial charge in [0.05, 0.1) is 24.2 Å². The summed E-state index contributed by atoms with van der Waals surface area (Å²) in [6, 6.07) is 16.2. The molecule has 1 aliphatic carbocycles. The molecule has 1 saturated carbocycles. The van der Waals surface area contributed by atoms with Crippen molar-refractivity contribution in [3.8, 4) is 17.2 Å². The van der Waals surface area contributed by atoms with Crippen LogP contribution in [0.3, 0.4) is 0 Å². The second kappa shape index (κ2) is 11.8. The number of benzene rings is 2. The lowest BCUT2D eigenvalue weighted by Gasteiger charge is -2.42. The number of rotatable bonds is 8. The first kappa shape index (κ1) is 24.6. The van der Waals surface area contributed by atoms with Crippen LogP contribution in [0.4, 0.5) is 11.4 Å². The third kappa shape index (κ3) is 6.02. The third-order valence-electron chi connectivity index (χ3n) is 6.97. The molecule has 1 aliphatic heterocycles. The fraction of sp³-hybridized carbons (Fsp3) is 0.444. The second-order valence-electron chi connectivity index (χ2n) is 9.27. The predicted octanol–water partition coefficient (Wildman–Crippen LogP) is 4.93. The summed E-state index contributed by atoms with van der Waals surface area (Å²) in [4.78, 5) is 17.8. The zero-order valence-corrected chi connectivity index (χ0v) is 21.5. The highest BCUT2D eigenvalue weighted by Gasteiger charge is 2.26. The van der Waals surface area contributed by atoms with E-state index in [4.69, 9.17) is 9.15 Å². The van der Waals surface area contributed by atoms with Crippen LogP contribution in [0.25, 0.3) is 11.5 Å². The van der Waals surface area contributed by atoms with Gasteiger partial charge in [-0.3, -0.25) is 9.69 Å². The number of methoxy groups -OCH3 is 1. The normalized spacial score (nSPS) is 17.2. The van der Waals surface area contributed by atoms with Gasteiger partial charge in [0.2, 0.25) is 11.8 Å². The predicted molar refractivity (Wildman–Crippen MR) is 143 cm³/mol. The molecule has 3 aromatic rings. The van der Waals surface area contributed by atoms with E-state index in [0.717, 1.165) is 49.2 Å². The van der Waals surface area contributed by atoms with Crippen LogP contribution in [-0.2, 0) is 4.79 Å². The number of carbonyl (C=O) groups excluding carboxylic acids is 1. The lowest BCUT2D eigenvalue weighted by atomic mass is 9.94. The summed E-state index contributed by atoms with van der Waals surface area (Å²) < 4.78 is 11.0. The Labute approximate surface area is 216 Å². The van der Waals surface area contributed by atoms with Crippen molar-refractivity contribution in [2.45, 2.75) is 43.4 Å². The summed E-state index contributed by atoms with van der Waals surface area (Å²) in [6.07, 6.45) is 6.79. The summed E-state index contributed by atoms with van der Waals surface area (Å²) in [5.41, 5.74) is 2.70. The molecule has 190 valence electrons. The van der Waals surface area contributed by atoms with Crippen molar-refractivity contribution < 1.29 is 13.9 Å². The number of aromatic nitrogens is 2. The quantitative estimate of drug-likeness (QED) is 0.430. The van der Waals surface area contributed by atoms with Crippen molar-refractivity contribution in [3.05, 3.63) is 48.5 Å². The number of hydrogen-bond donors (Lipinski definition) is 1. The number of hydrogen-bond acceptors (Lipinski definition) is 8. The molecule has 5 rings (SSSR count). The van der Waals surface area contributed by atoms with Gasteiger partial charge in [0.25, 0.3) is 5.22 Å². The number of carbonyl (C=O) groups is 1. The van der Waals surface area contributed by atoms with Gasteiger partial charge in [0.1, 0.15) is 5.75 Å². The molecule has 0 atom stereocenters. The van der Waals surface area contributed by atoms with Gasteiger partial charge in [-0.15, -0.1) is 10.2 Å². The maximum Gasteiger partial charge on any atom is 0.277 e. The standard InChI is InChI=1S/C27H33N5O3S/c1-34-22-11-7-8-20(18-22)26-29-30-27(35-26)36-19-25(33)28-23-12-5-6-13-24(23)32-16-14-31(15-17-32)21-9-3-2-4-10-21/h5-8,11-13,18,21H,2-4,9-10,14-17,19H2,1H3,(H,28,33). The van der Waals surface area contributed by atoms with Crippen LogP contribution in [0.2, 0.25) is 0 Å². The minimum absolute atomic E-state index is 0.102. The Balaban J connectivity index is 1.15. The molecule has 2 aromatic carbocycles. The fourth-order valence-corrected chi connectivity index (χ4v) is 5.65. The number of ether oxygens (including phenoxy) is 1. The van der Waals surface area contributed by atoms with Crippen molar-refractivity contribution in [1.82, 2.24) is 15.1 Å². The molecule has 0 spiro atoms. The van der Waals surface area contributed by atoms with Gasteiger partial charge in [-0.2, -0.15) is 0 Å². The SMILES string of the molecule is COc1cccc(-c2nnc(SCC(=O)Nc3ccccc3N3CCN(C4CCCCC4)CC3)o2)c1. The topological polar surface area (TPSA) is 83.7 Å². The van der Waals surface area contributed by atoms with E-state index in [1.807, 2.05) is 42.5 Å². The van der Waals surface area contributed by atoms with E-state index in [1.165, 1.54) is 43.9 Å². The Morgan fingerprint density at radius 1 is 1.06 bits per heavy atom. The van der Waals surface area contributed by atoms with Crippen molar-refractivity contribution >= 4 is 29.0 Å². The van der Waals surface area contributed by atoms with E-state index in [-0.39, 0.29) is 11.7 Å². The number of para-hydroxylation sites is 2. The average molecular weight is 508 g/mol. The Morgan fingerprint density at radius 3 is 2.67 bits per heavy atom. The summed E-state index contributed by atoms with van der Waals surface area (Å²) >= 11 is 1.23. The summed E-state index contributed by atoms with van der Waals surface area (Å²) in [7, 11) is 1.61. The highest BCUT2D eigenvalue weighted by Crippen LogP contribution is 2.30. The number of thioether (sulfide) groups is 1. The number of piperazine rings is 1. The van der Waals surface area contributed by atoms with E-state index >= 15 is 0 Å². The largest absolute Gasteiger partial charge is 0.497 e. The van der Waals surface area contributed by atoms with Crippen molar-refractivity contribution in [3.63, 3.8) is 0 Å². The zero-order valence-electron chi connectivity index (χ0n) is 20.7. The number of amides is 1. The van der Waals surface area contributed by atoms with Crippen LogP contribution in [0.1, 0.15) is 32.1 Å².